The molecule has 0 atom stereocenters. The number of hydrogen-bond acceptors (Lipinski definition) is 4. The number of carbonyl (C=O) groups excluding carboxylic acids is 2. The number of aromatic hydroxyl groups is 2. The Morgan fingerprint density at radius 1 is 0.724 bits per heavy atom. The predicted molar refractivity (Wildman–Crippen MR) is 114 cm³/mol. The van der Waals surface area contributed by atoms with E-state index in [4.69, 9.17) is 0 Å². The lowest BCUT2D eigenvalue weighted by atomic mass is 9.98. The molecule has 0 heterocycles. The van der Waals surface area contributed by atoms with Crippen molar-refractivity contribution in [3.63, 3.8) is 0 Å². The fraction of sp³-hybridized carbons (Fsp3) is 0.0400. The Hall–Kier alpha value is -3.92. The Kier molecular flexibility index (Phi) is 6.38. The van der Waals surface area contributed by atoms with Gasteiger partial charge in [-0.15, -0.1) is 0 Å². The van der Waals surface area contributed by atoms with E-state index < -0.39 is 0 Å². The molecule has 0 unspecified atom stereocenters. The molecule has 0 amide bonds. The molecule has 3 rings (SSSR count). The highest BCUT2D eigenvalue weighted by molar-refractivity contribution is 6.11. The van der Waals surface area contributed by atoms with E-state index in [9.17, 15) is 19.8 Å². The van der Waals surface area contributed by atoms with Gasteiger partial charge in [-0.3, -0.25) is 9.59 Å². The van der Waals surface area contributed by atoms with Crippen molar-refractivity contribution in [1.29, 1.82) is 0 Å². The quantitative estimate of drug-likeness (QED) is 0.443. The van der Waals surface area contributed by atoms with Crippen LogP contribution in [0, 0.1) is 0 Å². The summed E-state index contributed by atoms with van der Waals surface area (Å²) in [5, 5.41) is 19.0. The molecule has 4 heteroatoms. The summed E-state index contributed by atoms with van der Waals surface area (Å²) in [5.74, 6) is -0.389. The predicted octanol–water partition coefficient (Wildman–Crippen LogP) is 5.02. The van der Waals surface area contributed by atoms with E-state index in [0.29, 0.717) is 5.56 Å². The summed E-state index contributed by atoms with van der Waals surface area (Å²) < 4.78 is 0. The number of rotatable bonds is 7. The normalized spacial score (nSPS) is 11.2. The van der Waals surface area contributed by atoms with Gasteiger partial charge < -0.3 is 10.2 Å². The van der Waals surface area contributed by atoms with Gasteiger partial charge in [0.2, 0.25) is 0 Å². The molecule has 3 aromatic rings. The van der Waals surface area contributed by atoms with Crippen LogP contribution in [-0.2, 0) is 9.59 Å². The molecule has 29 heavy (non-hydrogen) atoms. The van der Waals surface area contributed by atoms with Crippen LogP contribution in [0.5, 0.6) is 11.5 Å². The average Bonchev–Trinajstić information content (AvgIpc) is 2.72. The lowest BCUT2D eigenvalue weighted by molar-refractivity contribution is -0.121. The molecule has 2 N–H and O–H groups in total. The van der Waals surface area contributed by atoms with Gasteiger partial charge in [-0.2, -0.15) is 0 Å². The maximum atomic E-state index is 12.2. The number of phenolic OH excluding ortho intramolecular Hbond substituents is 2. The molecule has 0 spiro atoms. The number of ketones is 2. The largest absolute Gasteiger partial charge is 0.508 e. The first-order chi connectivity index (χ1) is 14.0. The van der Waals surface area contributed by atoms with Gasteiger partial charge in [-0.25, -0.2) is 0 Å². The van der Waals surface area contributed by atoms with Crippen LogP contribution in [0.2, 0.25) is 0 Å². The van der Waals surface area contributed by atoms with E-state index in [1.54, 1.807) is 42.5 Å². The van der Waals surface area contributed by atoms with Gasteiger partial charge in [0, 0.05) is 0 Å². The van der Waals surface area contributed by atoms with E-state index in [-0.39, 0.29) is 29.5 Å². The average molecular weight is 384 g/mol. The minimum atomic E-state index is -0.326. The lowest BCUT2D eigenvalue weighted by Gasteiger charge is -2.07. The van der Waals surface area contributed by atoms with Crippen LogP contribution in [0.1, 0.15) is 17.5 Å². The second kappa shape index (κ2) is 9.33. The van der Waals surface area contributed by atoms with E-state index in [2.05, 4.69) is 0 Å². The van der Waals surface area contributed by atoms with Gasteiger partial charge in [0.05, 0.1) is 6.42 Å². The van der Waals surface area contributed by atoms with Crippen LogP contribution < -0.4 is 0 Å². The first-order valence-corrected chi connectivity index (χ1v) is 9.10. The third-order valence-electron chi connectivity index (χ3n) is 4.27. The van der Waals surface area contributed by atoms with Crippen LogP contribution in [0.15, 0.2) is 84.9 Å². The van der Waals surface area contributed by atoms with Gasteiger partial charge in [0.15, 0.2) is 11.6 Å². The van der Waals surface area contributed by atoms with Crippen LogP contribution in [0.3, 0.4) is 0 Å². The van der Waals surface area contributed by atoms with E-state index in [1.165, 1.54) is 24.3 Å². The van der Waals surface area contributed by atoms with Crippen molar-refractivity contribution in [3.05, 3.63) is 96.1 Å². The highest BCUT2D eigenvalue weighted by Gasteiger charge is 2.07. The molecule has 4 nitrogen and oxygen atoms in total. The Morgan fingerprint density at radius 3 is 2.03 bits per heavy atom. The van der Waals surface area contributed by atoms with Crippen molar-refractivity contribution in [2.24, 2.45) is 0 Å². The molecule has 0 radical (unpaired) electrons. The molecule has 0 bridgehead atoms. The molecule has 144 valence electrons. The van der Waals surface area contributed by atoms with E-state index >= 15 is 0 Å². The monoisotopic (exact) mass is 384 g/mol. The van der Waals surface area contributed by atoms with Crippen LogP contribution in [0.25, 0.3) is 23.3 Å². The third-order valence-corrected chi connectivity index (χ3v) is 4.27. The van der Waals surface area contributed by atoms with Gasteiger partial charge >= 0.3 is 0 Å². The van der Waals surface area contributed by atoms with Crippen molar-refractivity contribution < 1.29 is 19.8 Å². The molecule has 0 saturated heterocycles. The summed E-state index contributed by atoms with van der Waals surface area (Å²) >= 11 is 0. The minimum absolute atomic E-state index is 0.102. The smallest absolute Gasteiger partial charge is 0.163 e. The van der Waals surface area contributed by atoms with Crippen LogP contribution in [0.4, 0.5) is 0 Å². The molecule has 0 aromatic heterocycles. The third kappa shape index (κ3) is 5.78. The fourth-order valence-electron chi connectivity index (χ4n) is 2.82. The summed E-state index contributed by atoms with van der Waals surface area (Å²) in [4.78, 5) is 24.2. The molecular weight excluding hydrogens is 364 g/mol. The molecule has 0 aliphatic rings. The molecule has 3 aromatic carbocycles. The SMILES string of the molecule is O=C(C=Cc1ccc(O)cc1)CC(=O)C=Cc1cc(O)ccc1-c1ccccc1. The van der Waals surface area contributed by atoms with E-state index in [1.807, 2.05) is 30.3 Å². The zero-order chi connectivity index (χ0) is 20.6. The van der Waals surface area contributed by atoms with Gasteiger partial charge in [-0.1, -0.05) is 60.7 Å². The maximum Gasteiger partial charge on any atom is 0.163 e. The Morgan fingerprint density at radius 2 is 1.34 bits per heavy atom. The van der Waals surface area contributed by atoms with Crippen molar-refractivity contribution in [3.8, 4) is 22.6 Å². The first kappa shape index (κ1) is 19.8. The Bertz CT molecular complexity index is 1060. The summed E-state index contributed by atoms with van der Waals surface area (Å²) in [6.07, 6.45) is 5.67. The van der Waals surface area contributed by atoms with Crippen molar-refractivity contribution in [2.45, 2.75) is 6.42 Å². The lowest BCUT2D eigenvalue weighted by Crippen LogP contribution is -2.02. The molecule has 0 aliphatic carbocycles. The van der Waals surface area contributed by atoms with Crippen molar-refractivity contribution in [2.75, 3.05) is 0 Å². The standard InChI is InChI=1S/C25H20O4/c26-21-10-6-18(7-11-21)8-12-23(28)17-24(29)13-9-20-16-22(27)14-15-25(20)19-4-2-1-3-5-19/h1-16,26-27H,17H2. The minimum Gasteiger partial charge on any atom is -0.508 e. The second-order valence-corrected chi connectivity index (χ2v) is 6.51. The summed E-state index contributed by atoms with van der Waals surface area (Å²) in [5.41, 5.74) is 3.29. The first-order valence-electron chi connectivity index (χ1n) is 9.10. The Labute approximate surface area is 169 Å². The molecule has 0 saturated carbocycles. The summed E-state index contributed by atoms with van der Waals surface area (Å²) in [7, 11) is 0. The zero-order valence-electron chi connectivity index (χ0n) is 15.7. The number of phenols is 2. The topological polar surface area (TPSA) is 74.6 Å². The summed E-state index contributed by atoms with van der Waals surface area (Å²) in [6.45, 7) is 0. The van der Waals surface area contributed by atoms with Crippen molar-refractivity contribution in [1.82, 2.24) is 0 Å². The van der Waals surface area contributed by atoms with Crippen LogP contribution >= 0.6 is 0 Å². The molecule has 0 aliphatic heterocycles. The van der Waals surface area contributed by atoms with E-state index in [0.717, 1.165) is 16.7 Å². The van der Waals surface area contributed by atoms with Gasteiger partial charge in [0.25, 0.3) is 0 Å². The molecule has 0 fully saturated rings. The molecular formula is C25H20O4. The zero-order valence-corrected chi connectivity index (χ0v) is 15.7. The van der Waals surface area contributed by atoms with Crippen LogP contribution in [-0.4, -0.2) is 21.8 Å². The summed E-state index contributed by atoms with van der Waals surface area (Å²) in [6, 6.07) is 21.0. The highest BCUT2D eigenvalue weighted by Crippen LogP contribution is 2.28. The van der Waals surface area contributed by atoms with Gasteiger partial charge in [0.1, 0.15) is 11.5 Å². The number of benzene rings is 3. The maximum absolute atomic E-state index is 12.2. The van der Waals surface area contributed by atoms with Crippen molar-refractivity contribution >= 4 is 23.7 Å². The Balaban J connectivity index is 1.68. The second-order valence-electron chi connectivity index (χ2n) is 6.51. The highest BCUT2D eigenvalue weighted by atomic mass is 16.3. The fourth-order valence-corrected chi connectivity index (χ4v) is 2.82. The number of hydrogen-bond donors (Lipinski definition) is 2. The number of allylic oxidation sites excluding steroid dienone is 2. The van der Waals surface area contributed by atoms with Gasteiger partial charge in [-0.05, 0) is 58.7 Å². The number of carbonyl (C=O) groups is 2.